The maximum absolute atomic E-state index is 5.38. The molecule has 0 amide bonds. The molecule has 1 fully saturated rings. The lowest BCUT2D eigenvalue weighted by Crippen LogP contribution is -2.34. The Morgan fingerprint density at radius 1 is 1.41 bits per heavy atom. The van der Waals surface area contributed by atoms with Crippen LogP contribution in [0.5, 0.6) is 0 Å². The Morgan fingerprint density at radius 3 is 2.65 bits per heavy atom. The van der Waals surface area contributed by atoms with Crippen molar-refractivity contribution in [2.75, 3.05) is 7.11 Å². The molecular weight excluding hydrogens is 214 g/mol. The Hall–Kier alpha value is -0.870. The molecule has 96 valence electrons. The predicted octanol–water partition coefficient (Wildman–Crippen LogP) is 1.78. The Bertz CT molecular complexity index is 354. The lowest BCUT2D eigenvalue weighted by atomic mass is 9.93. The molecule has 1 aromatic heterocycles. The third-order valence-corrected chi connectivity index (χ3v) is 3.70. The third kappa shape index (κ3) is 3.30. The van der Waals surface area contributed by atoms with Crippen LogP contribution in [0.1, 0.15) is 36.9 Å². The fourth-order valence-corrected chi connectivity index (χ4v) is 2.58. The van der Waals surface area contributed by atoms with E-state index in [2.05, 4.69) is 23.5 Å². The summed E-state index contributed by atoms with van der Waals surface area (Å²) < 4.78 is 7.27. The standard InChI is InChI=1S/C13H23N3O/c1-10-11(9-16(2)15-10)8-14-12-4-6-13(17-3)7-5-12/h9,12-14H,4-8H2,1-3H3. The monoisotopic (exact) mass is 237 g/mol. The van der Waals surface area contributed by atoms with E-state index >= 15 is 0 Å². The number of nitrogens with one attached hydrogen (secondary N) is 1. The first-order chi connectivity index (χ1) is 8.19. The molecule has 1 aliphatic rings. The van der Waals surface area contributed by atoms with Gasteiger partial charge in [-0.25, -0.2) is 0 Å². The topological polar surface area (TPSA) is 39.1 Å². The van der Waals surface area contributed by atoms with Crippen molar-refractivity contribution in [1.29, 1.82) is 0 Å². The quantitative estimate of drug-likeness (QED) is 0.867. The van der Waals surface area contributed by atoms with Crippen LogP contribution in [0.4, 0.5) is 0 Å². The molecule has 0 aromatic carbocycles. The average Bonchev–Trinajstić information content (AvgIpc) is 2.66. The number of ether oxygens (including phenoxy) is 1. The molecule has 0 radical (unpaired) electrons. The van der Waals surface area contributed by atoms with E-state index in [0.717, 1.165) is 12.2 Å². The highest BCUT2D eigenvalue weighted by molar-refractivity contribution is 5.14. The first-order valence-electron chi connectivity index (χ1n) is 6.44. The van der Waals surface area contributed by atoms with Gasteiger partial charge < -0.3 is 10.1 Å². The van der Waals surface area contributed by atoms with E-state index in [9.17, 15) is 0 Å². The molecule has 17 heavy (non-hydrogen) atoms. The van der Waals surface area contributed by atoms with Crippen LogP contribution < -0.4 is 5.32 Å². The van der Waals surface area contributed by atoms with Crippen molar-refractivity contribution >= 4 is 0 Å². The fourth-order valence-electron chi connectivity index (χ4n) is 2.58. The summed E-state index contributed by atoms with van der Waals surface area (Å²) in [5.74, 6) is 0. The Labute approximate surface area is 103 Å². The number of aryl methyl sites for hydroxylation is 2. The van der Waals surface area contributed by atoms with Crippen LogP contribution in [0.15, 0.2) is 6.20 Å². The van der Waals surface area contributed by atoms with Crippen molar-refractivity contribution in [1.82, 2.24) is 15.1 Å². The van der Waals surface area contributed by atoms with E-state index < -0.39 is 0 Å². The van der Waals surface area contributed by atoms with Crippen molar-refractivity contribution in [2.45, 2.75) is 51.3 Å². The number of hydrogen-bond acceptors (Lipinski definition) is 3. The van der Waals surface area contributed by atoms with E-state index in [1.807, 2.05) is 18.8 Å². The molecule has 1 aliphatic carbocycles. The third-order valence-electron chi connectivity index (χ3n) is 3.70. The summed E-state index contributed by atoms with van der Waals surface area (Å²) in [6.45, 7) is 3.00. The molecule has 4 heteroatoms. The average molecular weight is 237 g/mol. The summed E-state index contributed by atoms with van der Waals surface area (Å²) >= 11 is 0. The molecule has 0 bridgehead atoms. The molecule has 0 atom stereocenters. The molecule has 1 saturated carbocycles. The minimum atomic E-state index is 0.480. The summed E-state index contributed by atoms with van der Waals surface area (Å²) in [5.41, 5.74) is 2.44. The highest BCUT2D eigenvalue weighted by Gasteiger charge is 2.20. The lowest BCUT2D eigenvalue weighted by molar-refractivity contribution is 0.0624. The second-order valence-electron chi connectivity index (χ2n) is 5.00. The van der Waals surface area contributed by atoms with Gasteiger partial charge in [0.15, 0.2) is 0 Å². The van der Waals surface area contributed by atoms with Crippen molar-refractivity contribution < 1.29 is 4.74 Å². The van der Waals surface area contributed by atoms with Crippen molar-refractivity contribution in [3.05, 3.63) is 17.5 Å². The lowest BCUT2D eigenvalue weighted by Gasteiger charge is -2.28. The minimum Gasteiger partial charge on any atom is -0.381 e. The van der Waals surface area contributed by atoms with Crippen LogP contribution in [-0.4, -0.2) is 29.0 Å². The van der Waals surface area contributed by atoms with Gasteiger partial charge in [-0.3, -0.25) is 4.68 Å². The summed E-state index contributed by atoms with van der Waals surface area (Å²) in [7, 11) is 3.79. The second-order valence-corrected chi connectivity index (χ2v) is 5.00. The fraction of sp³-hybridized carbons (Fsp3) is 0.769. The van der Waals surface area contributed by atoms with Crippen LogP contribution in [0.3, 0.4) is 0 Å². The van der Waals surface area contributed by atoms with Crippen molar-refractivity contribution in [3.63, 3.8) is 0 Å². The number of hydrogen-bond donors (Lipinski definition) is 1. The Kier molecular flexibility index (Phi) is 4.18. The smallest absolute Gasteiger partial charge is 0.0638 e. The maximum Gasteiger partial charge on any atom is 0.0638 e. The number of aromatic nitrogens is 2. The van der Waals surface area contributed by atoms with Gasteiger partial charge in [0.2, 0.25) is 0 Å². The highest BCUT2D eigenvalue weighted by Crippen LogP contribution is 2.21. The zero-order valence-electron chi connectivity index (χ0n) is 11.1. The van der Waals surface area contributed by atoms with Gasteiger partial charge in [-0.1, -0.05) is 0 Å². The Balaban J connectivity index is 1.77. The van der Waals surface area contributed by atoms with E-state index in [1.54, 1.807) is 0 Å². The first-order valence-corrected chi connectivity index (χ1v) is 6.44. The Morgan fingerprint density at radius 2 is 2.12 bits per heavy atom. The molecule has 0 unspecified atom stereocenters. The van der Waals surface area contributed by atoms with Gasteiger partial charge in [0.25, 0.3) is 0 Å². The van der Waals surface area contributed by atoms with E-state index in [4.69, 9.17) is 4.74 Å². The van der Waals surface area contributed by atoms with Gasteiger partial charge in [0.1, 0.15) is 0 Å². The number of nitrogens with zero attached hydrogens (tertiary/aromatic N) is 2. The van der Waals surface area contributed by atoms with Crippen LogP contribution >= 0.6 is 0 Å². The molecular formula is C13H23N3O. The molecule has 4 nitrogen and oxygen atoms in total. The maximum atomic E-state index is 5.38. The molecule has 1 aromatic rings. The summed E-state index contributed by atoms with van der Waals surface area (Å²) in [6, 6.07) is 0.640. The summed E-state index contributed by atoms with van der Waals surface area (Å²) in [6.07, 6.45) is 7.38. The highest BCUT2D eigenvalue weighted by atomic mass is 16.5. The molecule has 0 saturated heterocycles. The molecule has 0 spiro atoms. The zero-order chi connectivity index (χ0) is 12.3. The van der Waals surface area contributed by atoms with Gasteiger partial charge in [-0.15, -0.1) is 0 Å². The van der Waals surface area contributed by atoms with Crippen LogP contribution in [0, 0.1) is 6.92 Å². The van der Waals surface area contributed by atoms with Crippen LogP contribution in [-0.2, 0) is 18.3 Å². The minimum absolute atomic E-state index is 0.480. The van der Waals surface area contributed by atoms with E-state index in [0.29, 0.717) is 12.1 Å². The van der Waals surface area contributed by atoms with Gasteiger partial charge >= 0.3 is 0 Å². The molecule has 0 aliphatic heterocycles. The van der Waals surface area contributed by atoms with Gasteiger partial charge in [0.05, 0.1) is 11.8 Å². The van der Waals surface area contributed by atoms with Gasteiger partial charge in [-0.05, 0) is 32.6 Å². The largest absolute Gasteiger partial charge is 0.381 e. The van der Waals surface area contributed by atoms with Gasteiger partial charge in [0, 0.05) is 38.5 Å². The first kappa shape index (κ1) is 12.6. The summed E-state index contributed by atoms with van der Waals surface area (Å²) in [5, 5.41) is 7.98. The van der Waals surface area contributed by atoms with Crippen molar-refractivity contribution in [2.24, 2.45) is 7.05 Å². The summed E-state index contributed by atoms with van der Waals surface area (Å²) in [4.78, 5) is 0. The number of rotatable bonds is 4. The molecule has 1 heterocycles. The molecule has 2 rings (SSSR count). The second kappa shape index (κ2) is 5.65. The molecule has 1 N–H and O–H groups in total. The van der Waals surface area contributed by atoms with E-state index in [1.165, 1.54) is 31.2 Å². The predicted molar refractivity (Wildman–Crippen MR) is 67.8 cm³/mol. The van der Waals surface area contributed by atoms with E-state index in [-0.39, 0.29) is 0 Å². The van der Waals surface area contributed by atoms with Gasteiger partial charge in [-0.2, -0.15) is 5.10 Å². The van der Waals surface area contributed by atoms with Crippen molar-refractivity contribution in [3.8, 4) is 0 Å². The zero-order valence-corrected chi connectivity index (χ0v) is 11.1. The SMILES string of the molecule is COC1CCC(NCc2cn(C)nc2C)CC1. The van der Waals surface area contributed by atoms with Crippen LogP contribution in [0.25, 0.3) is 0 Å². The van der Waals surface area contributed by atoms with Crippen LogP contribution in [0.2, 0.25) is 0 Å². The number of methoxy groups -OCH3 is 1. The normalized spacial score (nSPS) is 25.1.